The number of anilines is 1. The Morgan fingerprint density at radius 1 is 1.37 bits per heavy atom. The largest absolute Gasteiger partial charge is 0.342 e. The monoisotopic (exact) mass is 264 g/mol. The molecule has 1 fully saturated rings. The van der Waals surface area contributed by atoms with Crippen LogP contribution in [0.15, 0.2) is 6.20 Å². The molecule has 0 bridgehead atoms. The Morgan fingerprint density at radius 3 is 2.74 bits per heavy atom. The number of hydrogen-bond acceptors (Lipinski definition) is 3. The van der Waals surface area contributed by atoms with E-state index in [1.165, 1.54) is 31.6 Å². The van der Waals surface area contributed by atoms with Crippen LogP contribution >= 0.6 is 0 Å². The molecule has 2 rings (SSSR count). The normalized spacial score (nSPS) is 17.1. The van der Waals surface area contributed by atoms with Crippen LogP contribution < -0.4 is 10.2 Å². The van der Waals surface area contributed by atoms with Gasteiger partial charge in [-0.05, 0) is 52.1 Å². The van der Waals surface area contributed by atoms with Gasteiger partial charge in [0.25, 0.3) is 0 Å². The molecule has 0 aliphatic carbocycles. The van der Waals surface area contributed by atoms with Crippen molar-refractivity contribution in [2.75, 3.05) is 31.6 Å². The molecule has 0 radical (unpaired) electrons. The number of rotatable bonds is 6. The minimum atomic E-state index is 0.888. The average Bonchev–Trinajstić information content (AvgIpc) is 2.78. The number of hydrogen-bond donors (Lipinski definition) is 1. The van der Waals surface area contributed by atoms with Crippen LogP contribution in [0.25, 0.3) is 0 Å². The summed E-state index contributed by atoms with van der Waals surface area (Å²) in [5.74, 6) is 2.07. The second-order valence-electron chi connectivity index (χ2n) is 5.70. The Hall–Kier alpha value is -1.03. The smallest absolute Gasteiger partial charge is 0.205 e. The molecule has 0 amide bonds. The molecule has 0 spiro atoms. The summed E-state index contributed by atoms with van der Waals surface area (Å²) in [4.78, 5) is 7.19. The third-order valence-electron chi connectivity index (χ3n) is 4.04. The Balaban J connectivity index is 1.93. The highest BCUT2D eigenvalue weighted by atomic mass is 15.3. The second kappa shape index (κ2) is 6.94. The first-order valence-corrected chi connectivity index (χ1v) is 7.68. The lowest BCUT2D eigenvalue weighted by atomic mass is 9.94. The molecule has 1 N–H and O–H groups in total. The molecule has 4 heteroatoms. The van der Waals surface area contributed by atoms with E-state index in [2.05, 4.69) is 34.8 Å². The van der Waals surface area contributed by atoms with Gasteiger partial charge < -0.3 is 14.8 Å². The van der Waals surface area contributed by atoms with Crippen LogP contribution in [0.2, 0.25) is 0 Å². The van der Waals surface area contributed by atoms with Crippen molar-refractivity contribution in [3.05, 3.63) is 11.9 Å². The van der Waals surface area contributed by atoms with Gasteiger partial charge in [0.2, 0.25) is 5.95 Å². The molecule has 0 atom stereocenters. The molecule has 4 nitrogen and oxygen atoms in total. The zero-order chi connectivity index (χ0) is 13.7. The van der Waals surface area contributed by atoms with E-state index in [4.69, 9.17) is 4.98 Å². The summed E-state index contributed by atoms with van der Waals surface area (Å²) in [6.07, 6.45) is 7.28. The van der Waals surface area contributed by atoms with E-state index < -0.39 is 0 Å². The lowest BCUT2D eigenvalue weighted by Gasteiger charge is -2.33. The molecule has 1 aromatic heterocycles. The van der Waals surface area contributed by atoms with Crippen LogP contribution in [0.4, 0.5) is 5.95 Å². The summed E-state index contributed by atoms with van der Waals surface area (Å²) in [6, 6.07) is 0. The fraction of sp³-hybridized carbons (Fsp3) is 0.800. The SMILES string of the molecule is CCCn1cc(C)nc1N1CCC(CCNC)CC1. The van der Waals surface area contributed by atoms with E-state index in [0.29, 0.717) is 0 Å². The third-order valence-corrected chi connectivity index (χ3v) is 4.04. The van der Waals surface area contributed by atoms with Gasteiger partial charge in [-0.15, -0.1) is 0 Å². The Labute approximate surface area is 117 Å². The maximum Gasteiger partial charge on any atom is 0.205 e. The van der Waals surface area contributed by atoms with Gasteiger partial charge in [-0.25, -0.2) is 4.98 Å². The number of imidazole rings is 1. The average molecular weight is 264 g/mol. The highest BCUT2D eigenvalue weighted by Crippen LogP contribution is 2.24. The maximum absolute atomic E-state index is 4.72. The second-order valence-corrected chi connectivity index (χ2v) is 5.70. The van der Waals surface area contributed by atoms with Crippen LogP contribution in [0.3, 0.4) is 0 Å². The summed E-state index contributed by atoms with van der Waals surface area (Å²) >= 11 is 0. The van der Waals surface area contributed by atoms with Crippen LogP contribution in [-0.2, 0) is 6.54 Å². The lowest BCUT2D eigenvalue weighted by molar-refractivity contribution is 0.373. The number of aromatic nitrogens is 2. The Morgan fingerprint density at radius 2 is 2.11 bits per heavy atom. The van der Waals surface area contributed by atoms with Gasteiger partial charge in [-0.2, -0.15) is 0 Å². The summed E-state index contributed by atoms with van der Waals surface area (Å²) in [7, 11) is 2.04. The minimum Gasteiger partial charge on any atom is -0.342 e. The van der Waals surface area contributed by atoms with Crippen molar-refractivity contribution in [2.24, 2.45) is 5.92 Å². The molecular weight excluding hydrogens is 236 g/mol. The summed E-state index contributed by atoms with van der Waals surface area (Å²) < 4.78 is 2.32. The van der Waals surface area contributed by atoms with Crippen LogP contribution in [0.1, 0.15) is 38.3 Å². The van der Waals surface area contributed by atoms with Crippen molar-refractivity contribution >= 4 is 5.95 Å². The summed E-state index contributed by atoms with van der Waals surface area (Å²) in [5.41, 5.74) is 1.14. The highest BCUT2D eigenvalue weighted by Gasteiger charge is 2.22. The van der Waals surface area contributed by atoms with E-state index in [9.17, 15) is 0 Å². The minimum absolute atomic E-state index is 0.888. The topological polar surface area (TPSA) is 33.1 Å². The molecule has 0 saturated carbocycles. The molecule has 19 heavy (non-hydrogen) atoms. The van der Waals surface area contributed by atoms with Gasteiger partial charge in [0.15, 0.2) is 0 Å². The van der Waals surface area contributed by atoms with E-state index in [1.807, 2.05) is 7.05 Å². The molecule has 1 saturated heterocycles. The molecule has 108 valence electrons. The first kappa shape index (κ1) is 14.4. The quantitative estimate of drug-likeness (QED) is 0.856. The van der Waals surface area contributed by atoms with E-state index in [1.54, 1.807) is 0 Å². The third kappa shape index (κ3) is 3.72. The zero-order valence-corrected chi connectivity index (χ0v) is 12.7. The van der Waals surface area contributed by atoms with Gasteiger partial charge in [-0.3, -0.25) is 0 Å². The Kier molecular flexibility index (Phi) is 5.25. The van der Waals surface area contributed by atoms with Crippen molar-refractivity contribution in [3.8, 4) is 0 Å². The molecular formula is C15H28N4. The van der Waals surface area contributed by atoms with Gasteiger partial charge in [0, 0.05) is 25.8 Å². The molecule has 1 aliphatic heterocycles. The Bertz CT molecular complexity index is 377. The van der Waals surface area contributed by atoms with Crippen molar-refractivity contribution in [2.45, 2.75) is 46.1 Å². The predicted molar refractivity (Wildman–Crippen MR) is 80.7 cm³/mol. The number of nitrogens with zero attached hydrogens (tertiary/aromatic N) is 3. The van der Waals surface area contributed by atoms with E-state index in [0.717, 1.165) is 37.8 Å². The van der Waals surface area contributed by atoms with Crippen LogP contribution in [0.5, 0.6) is 0 Å². The first-order chi connectivity index (χ1) is 9.24. The highest BCUT2D eigenvalue weighted by molar-refractivity contribution is 5.34. The first-order valence-electron chi connectivity index (χ1n) is 7.68. The number of nitrogens with one attached hydrogen (secondary N) is 1. The van der Waals surface area contributed by atoms with E-state index >= 15 is 0 Å². The number of piperidine rings is 1. The van der Waals surface area contributed by atoms with E-state index in [-0.39, 0.29) is 0 Å². The lowest BCUT2D eigenvalue weighted by Crippen LogP contribution is -2.36. The van der Waals surface area contributed by atoms with Crippen LogP contribution in [0, 0.1) is 12.8 Å². The molecule has 1 aromatic rings. The standard InChI is InChI=1S/C15H28N4/c1-4-9-19-12-13(2)17-15(19)18-10-6-14(7-11-18)5-8-16-3/h12,14,16H,4-11H2,1-3H3. The van der Waals surface area contributed by atoms with Crippen molar-refractivity contribution < 1.29 is 0 Å². The van der Waals surface area contributed by atoms with Gasteiger partial charge >= 0.3 is 0 Å². The summed E-state index contributed by atoms with van der Waals surface area (Å²) in [6.45, 7) is 8.87. The van der Waals surface area contributed by atoms with Gasteiger partial charge in [-0.1, -0.05) is 6.92 Å². The van der Waals surface area contributed by atoms with Crippen molar-refractivity contribution in [1.82, 2.24) is 14.9 Å². The fourth-order valence-electron chi connectivity index (χ4n) is 2.96. The summed E-state index contributed by atoms with van der Waals surface area (Å²) in [5, 5.41) is 3.26. The van der Waals surface area contributed by atoms with Gasteiger partial charge in [0.1, 0.15) is 0 Å². The number of aryl methyl sites for hydroxylation is 2. The van der Waals surface area contributed by atoms with Gasteiger partial charge in [0.05, 0.1) is 5.69 Å². The molecule has 2 heterocycles. The zero-order valence-electron chi connectivity index (χ0n) is 12.7. The molecule has 1 aliphatic rings. The van der Waals surface area contributed by atoms with Crippen LogP contribution in [-0.4, -0.2) is 36.2 Å². The molecule has 0 aromatic carbocycles. The van der Waals surface area contributed by atoms with Crippen molar-refractivity contribution in [1.29, 1.82) is 0 Å². The van der Waals surface area contributed by atoms with Crippen molar-refractivity contribution in [3.63, 3.8) is 0 Å². The molecule has 0 unspecified atom stereocenters. The fourth-order valence-corrected chi connectivity index (χ4v) is 2.96. The predicted octanol–water partition coefficient (Wildman–Crippen LogP) is 2.43. The maximum atomic E-state index is 4.72.